The molecule has 0 spiro atoms. The summed E-state index contributed by atoms with van der Waals surface area (Å²) in [5.74, 6) is -1.10. The van der Waals surface area contributed by atoms with E-state index in [0.717, 1.165) is 24.5 Å². The van der Waals surface area contributed by atoms with Crippen molar-refractivity contribution in [2.45, 2.75) is 32.2 Å². The van der Waals surface area contributed by atoms with E-state index in [1.165, 1.54) is 17.7 Å². The van der Waals surface area contributed by atoms with Gasteiger partial charge in [0.05, 0.1) is 0 Å². The lowest BCUT2D eigenvalue weighted by Crippen LogP contribution is -2.14. The van der Waals surface area contributed by atoms with Crippen molar-refractivity contribution in [2.75, 3.05) is 0 Å². The summed E-state index contributed by atoms with van der Waals surface area (Å²) in [4.78, 5) is 0. The summed E-state index contributed by atoms with van der Waals surface area (Å²) in [5, 5.41) is 0. The van der Waals surface area contributed by atoms with Crippen LogP contribution < -0.4 is 5.73 Å². The normalized spacial score (nSPS) is 12.4. The summed E-state index contributed by atoms with van der Waals surface area (Å²) < 4.78 is 26.4. The molecule has 0 fully saturated rings. The van der Waals surface area contributed by atoms with Crippen molar-refractivity contribution in [1.29, 1.82) is 0 Å². The highest BCUT2D eigenvalue weighted by Crippen LogP contribution is 2.19. The summed E-state index contributed by atoms with van der Waals surface area (Å²) in [6.45, 7) is 2.14. The third-order valence-electron chi connectivity index (χ3n) is 3.40. The Hall–Kier alpha value is -1.74. The molecule has 3 heteroatoms. The van der Waals surface area contributed by atoms with Gasteiger partial charge < -0.3 is 5.73 Å². The number of aryl methyl sites for hydroxylation is 1. The Kier molecular flexibility index (Phi) is 4.85. The van der Waals surface area contributed by atoms with Crippen LogP contribution in [0.15, 0.2) is 42.5 Å². The SMILES string of the molecule is CCCc1ccc(C(N)Cc2ccc(F)cc2F)cc1. The smallest absolute Gasteiger partial charge is 0.129 e. The maximum atomic E-state index is 13.6. The van der Waals surface area contributed by atoms with Crippen LogP contribution in [-0.4, -0.2) is 0 Å². The molecular formula is C17H19F2N. The van der Waals surface area contributed by atoms with Crippen molar-refractivity contribution in [3.8, 4) is 0 Å². The van der Waals surface area contributed by atoms with E-state index >= 15 is 0 Å². The Morgan fingerprint density at radius 2 is 1.75 bits per heavy atom. The predicted octanol–water partition coefficient (Wildman–Crippen LogP) is 4.16. The van der Waals surface area contributed by atoms with Crippen molar-refractivity contribution in [2.24, 2.45) is 5.73 Å². The van der Waals surface area contributed by atoms with Crippen molar-refractivity contribution in [3.63, 3.8) is 0 Å². The minimum atomic E-state index is -0.566. The van der Waals surface area contributed by atoms with Crippen molar-refractivity contribution < 1.29 is 8.78 Å². The summed E-state index contributed by atoms with van der Waals surface area (Å²) in [6.07, 6.45) is 2.51. The Bertz CT molecular complexity index is 564. The van der Waals surface area contributed by atoms with E-state index in [4.69, 9.17) is 5.73 Å². The molecule has 1 unspecified atom stereocenters. The maximum Gasteiger partial charge on any atom is 0.129 e. The minimum Gasteiger partial charge on any atom is -0.324 e. The van der Waals surface area contributed by atoms with Gasteiger partial charge in [0.1, 0.15) is 11.6 Å². The van der Waals surface area contributed by atoms with Gasteiger partial charge in [-0.05, 0) is 35.6 Å². The standard InChI is InChI=1S/C17H19F2N/c1-2-3-12-4-6-13(7-5-12)17(20)10-14-8-9-15(18)11-16(14)19/h4-9,11,17H,2-3,10,20H2,1H3. The first-order valence-corrected chi connectivity index (χ1v) is 6.88. The summed E-state index contributed by atoms with van der Waals surface area (Å²) in [5.41, 5.74) is 8.78. The molecule has 0 saturated carbocycles. The van der Waals surface area contributed by atoms with Gasteiger partial charge in [0.25, 0.3) is 0 Å². The molecule has 0 aromatic heterocycles. The highest BCUT2D eigenvalue weighted by Gasteiger charge is 2.11. The molecule has 2 N–H and O–H groups in total. The molecule has 0 aliphatic heterocycles. The molecule has 106 valence electrons. The van der Waals surface area contributed by atoms with E-state index in [-0.39, 0.29) is 6.04 Å². The monoisotopic (exact) mass is 275 g/mol. The molecular weight excluding hydrogens is 256 g/mol. The van der Waals surface area contributed by atoms with Crippen LogP contribution in [0.1, 0.15) is 36.1 Å². The van der Waals surface area contributed by atoms with Gasteiger partial charge >= 0.3 is 0 Å². The van der Waals surface area contributed by atoms with Crippen LogP contribution in [0.25, 0.3) is 0 Å². The Labute approximate surface area is 118 Å². The Morgan fingerprint density at radius 1 is 1.05 bits per heavy atom. The third kappa shape index (κ3) is 3.64. The lowest BCUT2D eigenvalue weighted by Gasteiger charge is -2.13. The zero-order valence-corrected chi connectivity index (χ0v) is 11.6. The van der Waals surface area contributed by atoms with Gasteiger partial charge in [-0.3, -0.25) is 0 Å². The predicted molar refractivity (Wildman–Crippen MR) is 77.4 cm³/mol. The highest BCUT2D eigenvalue weighted by atomic mass is 19.1. The van der Waals surface area contributed by atoms with Crippen LogP contribution >= 0.6 is 0 Å². The Morgan fingerprint density at radius 3 is 2.35 bits per heavy atom. The quantitative estimate of drug-likeness (QED) is 0.871. The second-order valence-corrected chi connectivity index (χ2v) is 5.04. The molecule has 1 nitrogen and oxygen atoms in total. The molecule has 0 aliphatic rings. The molecule has 2 aromatic rings. The minimum absolute atomic E-state index is 0.286. The second kappa shape index (κ2) is 6.62. The molecule has 2 rings (SSSR count). The highest BCUT2D eigenvalue weighted by molar-refractivity contribution is 5.27. The van der Waals surface area contributed by atoms with Crippen molar-refractivity contribution in [1.82, 2.24) is 0 Å². The average molecular weight is 275 g/mol. The molecule has 0 radical (unpaired) electrons. The van der Waals surface area contributed by atoms with Crippen molar-refractivity contribution >= 4 is 0 Å². The van der Waals surface area contributed by atoms with E-state index in [1.54, 1.807) is 0 Å². The van der Waals surface area contributed by atoms with Gasteiger partial charge in [-0.1, -0.05) is 43.7 Å². The van der Waals surface area contributed by atoms with E-state index in [9.17, 15) is 8.78 Å². The largest absolute Gasteiger partial charge is 0.324 e. The second-order valence-electron chi connectivity index (χ2n) is 5.04. The van der Waals surface area contributed by atoms with Crippen LogP contribution in [-0.2, 0) is 12.8 Å². The molecule has 0 heterocycles. The summed E-state index contributed by atoms with van der Waals surface area (Å²) in [6, 6.07) is 11.4. The fourth-order valence-corrected chi connectivity index (χ4v) is 2.26. The number of hydrogen-bond acceptors (Lipinski definition) is 1. The Balaban J connectivity index is 2.09. The molecule has 1 atom stereocenters. The van der Waals surface area contributed by atoms with Gasteiger partial charge in [0, 0.05) is 12.1 Å². The molecule has 2 aromatic carbocycles. The topological polar surface area (TPSA) is 26.0 Å². The van der Waals surface area contributed by atoms with Gasteiger partial charge in [-0.2, -0.15) is 0 Å². The first-order valence-electron chi connectivity index (χ1n) is 6.88. The van der Waals surface area contributed by atoms with Crippen LogP contribution in [0, 0.1) is 11.6 Å². The lowest BCUT2D eigenvalue weighted by atomic mass is 9.97. The number of rotatable bonds is 5. The molecule has 0 bridgehead atoms. The van der Waals surface area contributed by atoms with Gasteiger partial charge in [0.2, 0.25) is 0 Å². The van der Waals surface area contributed by atoms with E-state index in [2.05, 4.69) is 19.1 Å². The first-order chi connectivity index (χ1) is 9.60. The first kappa shape index (κ1) is 14.7. The number of hydrogen-bond donors (Lipinski definition) is 1. The van der Waals surface area contributed by atoms with Gasteiger partial charge in [0.15, 0.2) is 0 Å². The van der Waals surface area contributed by atoms with E-state index < -0.39 is 11.6 Å². The average Bonchev–Trinajstić information content (AvgIpc) is 2.43. The zero-order chi connectivity index (χ0) is 14.5. The number of halogens is 2. The van der Waals surface area contributed by atoms with Gasteiger partial charge in [-0.25, -0.2) is 8.78 Å². The van der Waals surface area contributed by atoms with Crippen LogP contribution in [0.2, 0.25) is 0 Å². The lowest BCUT2D eigenvalue weighted by molar-refractivity contribution is 0.563. The summed E-state index contributed by atoms with van der Waals surface area (Å²) in [7, 11) is 0. The number of benzene rings is 2. The zero-order valence-electron chi connectivity index (χ0n) is 11.6. The van der Waals surface area contributed by atoms with E-state index in [0.29, 0.717) is 12.0 Å². The van der Waals surface area contributed by atoms with Crippen LogP contribution in [0.4, 0.5) is 8.78 Å². The fraction of sp³-hybridized carbons (Fsp3) is 0.294. The fourth-order valence-electron chi connectivity index (χ4n) is 2.26. The van der Waals surface area contributed by atoms with Gasteiger partial charge in [-0.15, -0.1) is 0 Å². The van der Waals surface area contributed by atoms with Crippen LogP contribution in [0.3, 0.4) is 0 Å². The molecule has 0 saturated heterocycles. The number of nitrogens with two attached hydrogens (primary N) is 1. The third-order valence-corrected chi connectivity index (χ3v) is 3.40. The van der Waals surface area contributed by atoms with Crippen LogP contribution in [0.5, 0.6) is 0 Å². The molecule has 0 amide bonds. The summed E-state index contributed by atoms with van der Waals surface area (Å²) >= 11 is 0. The van der Waals surface area contributed by atoms with E-state index in [1.807, 2.05) is 12.1 Å². The molecule has 20 heavy (non-hydrogen) atoms. The van der Waals surface area contributed by atoms with Crippen molar-refractivity contribution in [3.05, 3.63) is 70.8 Å². The molecule has 0 aliphatic carbocycles. The maximum absolute atomic E-state index is 13.6.